The van der Waals surface area contributed by atoms with Crippen LogP contribution in [0.15, 0.2) is 58.7 Å². The summed E-state index contributed by atoms with van der Waals surface area (Å²) in [4.78, 5) is 55.9. The Morgan fingerprint density at radius 1 is 1.19 bits per heavy atom. The average molecular weight is 691 g/mol. The Labute approximate surface area is 271 Å². The fourth-order valence-electron chi connectivity index (χ4n) is 6.06. The Kier molecular flexibility index (Phi) is 9.47. The fourth-order valence-corrected chi connectivity index (χ4v) is 7.20. The number of H-pyrrole nitrogens is 1. The summed E-state index contributed by atoms with van der Waals surface area (Å²) in [6, 6.07) is 12.8. The van der Waals surface area contributed by atoms with Crippen LogP contribution in [0.3, 0.4) is 0 Å². The van der Waals surface area contributed by atoms with Crippen LogP contribution in [0.4, 0.5) is 26.2 Å². The quantitative estimate of drug-likeness (QED) is 0.133. The van der Waals surface area contributed by atoms with Gasteiger partial charge in [0.2, 0.25) is 17.8 Å². The van der Waals surface area contributed by atoms with Crippen LogP contribution in [0.25, 0.3) is 5.65 Å². The number of aromatic nitrogens is 5. The molecule has 3 atom stereocenters. The molecule has 0 bridgehead atoms. The minimum atomic E-state index is -4.86. The molecule has 6 rings (SSSR count). The molecular weight excluding hydrogens is 657 g/mol. The number of fused-ring (bicyclic) bond motifs is 1. The first-order valence-corrected chi connectivity index (χ1v) is 17.2. The molecule has 47 heavy (non-hydrogen) atoms. The Bertz CT molecular complexity index is 1820. The third kappa shape index (κ3) is 8.41. The lowest BCUT2D eigenvalue weighted by atomic mass is 9.85. The number of likely N-dealkylation sites (tertiary alicyclic amines) is 1. The summed E-state index contributed by atoms with van der Waals surface area (Å²) in [5, 5.41) is 13.7. The minimum absolute atomic E-state index is 0.0162. The van der Waals surface area contributed by atoms with Crippen molar-refractivity contribution in [2.24, 2.45) is 17.8 Å². The summed E-state index contributed by atoms with van der Waals surface area (Å²) >= 11 is 1.36. The van der Waals surface area contributed by atoms with Crippen molar-refractivity contribution in [1.29, 1.82) is 0 Å². The third-order valence-corrected chi connectivity index (χ3v) is 9.53. The number of rotatable bonds is 12. The zero-order valence-electron chi connectivity index (χ0n) is 25.2. The van der Waals surface area contributed by atoms with Crippen LogP contribution in [-0.2, 0) is 18.7 Å². The molecule has 14 nitrogen and oxygen atoms in total. The van der Waals surface area contributed by atoms with Gasteiger partial charge in [0.1, 0.15) is 11.4 Å². The first-order chi connectivity index (χ1) is 22.3. The molecule has 18 heteroatoms. The third-order valence-electron chi connectivity index (χ3n) is 8.17. The summed E-state index contributed by atoms with van der Waals surface area (Å²) in [5.74, 6) is -5.20. The number of benzene rings is 1. The number of amides is 1. The number of phosphoric acid groups is 1. The number of nitrogens with one attached hydrogen (secondary N) is 3. The van der Waals surface area contributed by atoms with Crippen LogP contribution < -0.4 is 10.6 Å². The van der Waals surface area contributed by atoms with Crippen LogP contribution in [0.5, 0.6) is 0 Å². The van der Waals surface area contributed by atoms with E-state index in [0.29, 0.717) is 41.2 Å². The topological polar surface area (TPSA) is 187 Å². The van der Waals surface area contributed by atoms with E-state index in [0.717, 1.165) is 10.6 Å². The molecule has 1 saturated heterocycles. The zero-order chi connectivity index (χ0) is 33.3. The number of halogens is 2. The van der Waals surface area contributed by atoms with Gasteiger partial charge >= 0.3 is 7.82 Å². The number of nitrogens with zero attached hydrogens (tertiary/aromatic N) is 5. The number of hydrogen-bond acceptors (Lipinski definition) is 10. The van der Waals surface area contributed by atoms with Crippen molar-refractivity contribution >= 4 is 54.4 Å². The van der Waals surface area contributed by atoms with E-state index in [4.69, 9.17) is 9.79 Å². The van der Waals surface area contributed by atoms with Crippen molar-refractivity contribution in [2.45, 2.75) is 42.2 Å². The summed E-state index contributed by atoms with van der Waals surface area (Å²) in [6.45, 7) is 1.97. The van der Waals surface area contributed by atoms with Gasteiger partial charge in [0, 0.05) is 59.8 Å². The monoisotopic (exact) mass is 690 g/mol. The van der Waals surface area contributed by atoms with E-state index in [1.54, 1.807) is 17.0 Å². The molecule has 250 valence electrons. The van der Waals surface area contributed by atoms with E-state index in [2.05, 4.69) is 35.3 Å². The molecule has 2 aliphatic rings. The lowest BCUT2D eigenvalue weighted by Crippen LogP contribution is -2.34. The lowest BCUT2D eigenvalue weighted by molar-refractivity contribution is -0.128. The predicted octanol–water partition coefficient (Wildman–Crippen LogP) is 4.26. The number of Topliss-reactive ketones (excluding diaryl/α,β-unsaturated/α-hetero) is 1. The van der Waals surface area contributed by atoms with E-state index in [9.17, 15) is 22.9 Å². The van der Waals surface area contributed by atoms with Crippen molar-refractivity contribution in [3.63, 3.8) is 0 Å². The predicted molar refractivity (Wildman–Crippen MR) is 168 cm³/mol. The van der Waals surface area contributed by atoms with Crippen molar-refractivity contribution in [3.8, 4) is 0 Å². The molecule has 3 aromatic heterocycles. The molecule has 1 aromatic carbocycles. The number of alkyl halides is 2. The molecule has 1 aliphatic heterocycles. The Morgan fingerprint density at radius 3 is 2.70 bits per heavy atom. The van der Waals surface area contributed by atoms with Gasteiger partial charge in [-0.1, -0.05) is 0 Å². The number of carbonyl (C=O) groups excluding carboxylic acids is 2. The lowest BCUT2D eigenvalue weighted by Gasteiger charge is -2.21. The maximum Gasteiger partial charge on any atom is 0.469 e. The van der Waals surface area contributed by atoms with E-state index < -0.39 is 50.9 Å². The molecule has 1 amide bonds. The Morgan fingerprint density at radius 2 is 1.98 bits per heavy atom. The van der Waals surface area contributed by atoms with Gasteiger partial charge in [-0.15, -0.1) is 0 Å². The van der Waals surface area contributed by atoms with Gasteiger partial charge in [-0.05, 0) is 74.0 Å². The number of ketones is 1. The van der Waals surface area contributed by atoms with Gasteiger partial charge in [-0.3, -0.25) is 28.5 Å². The number of phosphoric ester groups is 1. The Hall–Kier alpha value is -3.73. The van der Waals surface area contributed by atoms with Gasteiger partial charge in [0.15, 0.2) is 11.0 Å². The van der Waals surface area contributed by atoms with Gasteiger partial charge in [0.05, 0.1) is 13.2 Å². The highest BCUT2D eigenvalue weighted by atomic mass is 32.2. The summed E-state index contributed by atoms with van der Waals surface area (Å²) in [5.41, 5.74) is 2.19. The normalized spacial score (nSPS) is 21.3. The summed E-state index contributed by atoms with van der Waals surface area (Å²) in [6.07, 6.45) is 0.910. The van der Waals surface area contributed by atoms with E-state index in [1.165, 1.54) is 11.8 Å². The highest BCUT2D eigenvalue weighted by Crippen LogP contribution is 2.47. The molecule has 5 N–H and O–H groups in total. The smallest absolute Gasteiger partial charge is 0.325 e. The summed E-state index contributed by atoms with van der Waals surface area (Å²) in [7, 11) is -4.86. The fraction of sp³-hybridized carbons (Fsp3) is 0.414. The van der Waals surface area contributed by atoms with E-state index in [-0.39, 0.29) is 24.8 Å². The van der Waals surface area contributed by atoms with Crippen molar-refractivity contribution in [3.05, 3.63) is 54.4 Å². The van der Waals surface area contributed by atoms with Crippen LogP contribution in [0.1, 0.15) is 25.0 Å². The molecular formula is C29H33F2N8O6PS. The van der Waals surface area contributed by atoms with Crippen LogP contribution in [0, 0.1) is 24.7 Å². The number of carbonyl (C=O) groups is 2. The molecule has 1 saturated carbocycles. The SMILES string of the molecule is Cc1cc(Nc2nc(Sc3ccc(NC(=O)CN4CCC(C(=O)C5CC(F)(F)CC5COP(=O)(O)O)C4)cc3)nc3cccn23)n[nH]1. The second-order valence-corrected chi connectivity index (χ2v) is 14.1. The highest BCUT2D eigenvalue weighted by molar-refractivity contribution is 7.99. The molecule has 0 spiro atoms. The van der Waals surface area contributed by atoms with Crippen LogP contribution in [0.2, 0.25) is 0 Å². The second kappa shape index (κ2) is 13.4. The number of aryl methyl sites for hydroxylation is 1. The molecule has 0 radical (unpaired) electrons. The second-order valence-electron chi connectivity index (χ2n) is 11.8. The molecule has 4 aromatic rings. The molecule has 1 aliphatic carbocycles. The molecule has 4 heterocycles. The van der Waals surface area contributed by atoms with E-state index in [1.807, 2.05) is 47.9 Å². The summed E-state index contributed by atoms with van der Waals surface area (Å²) < 4.78 is 45.7. The van der Waals surface area contributed by atoms with Crippen LogP contribution in [-0.4, -0.2) is 83.1 Å². The van der Waals surface area contributed by atoms with Gasteiger partial charge in [-0.2, -0.15) is 10.1 Å². The van der Waals surface area contributed by atoms with Crippen molar-refractivity contribution in [1.82, 2.24) is 29.5 Å². The number of aromatic amines is 1. The molecule has 3 unspecified atom stereocenters. The molecule has 2 fully saturated rings. The largest absolute Gasteiger partial charge is 0.469 e. The van der Waals surface area contributed by atoms with E-state index >= 15 is 0 Å². The first-order valence-electron chi connectivity index (χ1n) is 14.9. The average Bonchev–Trinajstić information content (AvgIpc) is 3.80. The van der Waals surface area contributed by atoms with Gasteiger partial charge in [0.25, 0.3) is 0 Å². The van der Waals surface area contributed by atoms with Crippen LogP contribution >= 0.6 is 19.6 Å². The van der Waals surface area contributed by atoms with Crippen molar-refractivity contribution in [2.75, 3.05) is 36.9 Å². The number of hydrogen-bond donors (Lipinski definition) is 5. The highest BCUT2D eigenvalue weighted by Gasteiger charge is 2.51. The number of anilines is 3. The standard InChI is InChI=1S/C29H33F2N8O6PS/c1-17-11-23(37-36-17)33-27-35-28(34-24-3-2-9-39(24)27)47-21-6-4-20(5-7-21)32-25(40)15-38-10-8-18(14-38)26(41)22-13-29(30,31)12-19(22)16-45-46(42,43)44/h2-7,9,11,18-19,22H,8,10,12-16H2,1H3,(H,32,40)(H2,42,43,44)(H2,33,34,35,36,37). The van der Waals surface area contributed by atoms with Gasteiger partial charge in [-0.25, -0.2) is 18.3 Å². The maximum absolute atomic E-state index is 14.2. The maximum atomic E-state index is 14.2. The Balaban J connectivity index is 1.01. The zero-order valence-corrected chi connectivity index (χ0v) is 26.9. The minimum Gasteiger partial charge on any atom is -0.325 e. The van der Waals surface area contributed by atoms with Crippen molar-refractivity contribution < 1.29 is 37.2 Å². The van der Waals surface area contributed by atoms with Gasteiger partial charge < -0.3 is 20.4 Å². The first kappa shape index (κ1) is 33.2.